The lowest BCUT2D eigenvalue weighted by Gasteiger charge is -2.36. The van der Waals surface area contributed by atoms with E-state index in [4.69, 9.17) is 4.42 Å². The number of nitrogens with zero attached hydrogens (tertiary/aromatic N) is 3. The lowest BCUT2D eigenvalue weighted by molar-refractivity contribution is -0.384. The Hall–Kier alpha value is -3.03. The quantitative estimate of drug-likeness (QED) is 0.631. The molecule has 26 heavy (non-hydrogen) atoms. The van der Waals surface area contributed by atoms with Crippen LogP contribution < -0.4 is 10.2 Å². The Bertz CT molecular complexity index is 768. The van der Waals surface area contributed by atoms with Crippen molar-refractivity contribution in [2.45, 2.75) is 19.9 Å². The number of piperazine rings is 1. The van der Waals surface area contributed by atoms with E-state index < -0.39 is 4.92 Å². The third-order valence-electron chi connectivity index (χ3n) is 4.51. The van der Waals surface area contributed by atoms with Crippen molar-refractivity contribution in [3.05, 3.63) is 52.5 Å². The summed E-state index contributed by atoms with van der Waals surface area (Å²) in [4.78, 5) is 26.7. The topological polar surface area (TPSA) is 91.9 Å². The van der Waals surface area contributed by atoms with E-state index in [0.29, 0.717) is 50.6 Å². The lowest BCUT2D eigenvalue weighted by atomic mass is 10.2. The summed E-state index contributed by atoms with van der Waals surface area (Å²) < 4.78 is 5.27. The predicted octanol–water partition coefficient (Wildman–Crippen LogP) is 2.86. The summed E-state index contributed by atoms with van der Waals surface area (Å²) >= 11 is 0. The molecule has 8 heteroatoms. The number of hydrogen-bond donors (Lipinski definition) is 1. The summed E-state index contributed by atoms with van der Waals surface area (Å²) in [7, 11) is 0. The SMILES string of the molecule is CCC(=O)N1CCN(c2ccc([N+](=O)[O-])c(NCc3ccco3)c2)CC1. The van der Waals surface area contributed by atoms with E-state index in [1.807, 2.05) is 17.9 Å². The Labute approximate surface area is 151 Å². The molecule has 1 fully saturated rings. The lowest BCUT2D eigenvalue weighted by Crippen LogP contribution is -2.48. The van der Waals surface area contributed by atoms with Crippen LogP contribution in [-0.2, 0) is 11.3 Å². The van der Waals surface area contributed by atoms with Gasteiger partial charge in [0.2, 0.25) is 5.91 Å². The third kappa shape index (κ3) is 3.96. The molecule has 2 aromatic rings. The van der Waals surface area contributed by atoms with E-state index in [9.17, 15) is 14.9 Å². The summed E-state index contributed by atoms with van der Waals surface area (Å²) in [6.07, 6.45) is 2.08. The molecule has 1 aliphatic heterocycles. The second-order valence-electron chi connectivity index (χ2n) is 6.11. The highest BCUT2D eigenvalue weighted by Gasteiger charge is 2.22. The molecule has 0 spiro atoms. The number of nitrogens with one attached hydrogen (secondary N) is 1. The molecule has 3 rings (SSSR count). The zero-order chi connectivity index (χ0) is 18.5. The van der Waals surface area contributed by atoms with E-state index in [2.05, 4.69) is 10.2 Å². The first-order chi connectivity index (χ1) is 12.6. The molecular weight excluding hydrogens is 336 g/mol. The van der Waals surface area contributed by atoms with Crippen LogP contribution in [0.15, 0.2) is 41.0 Å². The Morgan fingerprint density at radius 3 is 2.65 bits per heavy atom. The number of nitro groups is 1. The van der Waals surface area contributed by atoms with Crippen molar-refractivity contribution in [2.75, 3.05) is 36.4 Å². The molecule has 0 aliphatic carbocycles. The summed E-state index contributed by atoms with van der Waals surface area (Å²) in [5.74, 6) is 0.866. The average molecular weight is 358 g/mol. The molecule has 0 bridgehead atoms. The molecule has 2 heterocycles. The van der Waals surface area contributed by atoms with Gasteiger partial charge in [-0.1, -0.05) is 6.92 Å². The zero-order valence-electron chi connectivity index (χ0n) is 14.7. The fourth-order valence-corrected chi connectivity index (χ4v) is 3.05. The summed E-state index contributed by atoms with van der Waals surface area (Å²) in [6, 6.07) is 8.65. The van der Waals surface area contributed by atoms with E-state index in [-0.39, 0.29) is 11.6 Å². The van der Waals surface area contributed by atoms with Crippen LogP contribution in [0.5, 0.6) is 0 Å². The van der Waals surface area contributed by atoms with Crippen molar-refractivity contribution in [1.82, 2.24) is 4.90 Å². The summed E-state index contributed by atoms with van der Waals surface area (Å²) in [5.41, 5.74) is 1.39. The minimum Gasteiger partial charge on any atom is -0.467 e. The van der Waals surface area contributed by atoms with Crippen molar-refractivity contribution < 1.29 is 14.1 Å². The van der Waals surface area contributed by atoms with Crippen molar-refractivity contribution in [1.29, 1.82) is 0 Å². The van der Waals surface area contributed by atoms with E-state index in [0.717, 1.165) is 5.69 Å². The highest BCUT2D eigenvalue weighted by molar-refractivity contribution is 5.76. The average Bonchev–Trinajstić information content (AvgIpc) is 3.19. The Morgan fingerprint density at radius 2 is 2.04 bits per heavy atom. The predicted molar refractivity (Wildman–Crippen MR) is 98.2 cm³/mol. The molecule has 0 unspecified atom stereocenters. The number of carbonyl (C=O) groups excluding carboxylic acids is 1. The molecule has 0 radical (unpaired) electrons. The second kappa shape index (κ2) is 7.90. The molecule has 1 saturated heterocycles. The number of benzene rings is 1. The van der Waals surface area contributed by atoms with Gasteiger partial charge in [-0.2, -0.15) is 0 Å². The van der Waals surface area contributed by atoms with Gasteiger partial charge in [0.15, 0.2) is 0 Å². The standard InChI is InChI=1S/C18H22N4O4/c1-2-18(23)21-9-7-20(8-10-21)14-5-6-17(22(24)25)16(12-14)19-13-15-4-3-11-26-15/h3-6,11-12,19H,2,7-10,13H2,1H3. The van der Waals surface area contributed by atoms with Gasteiger partial charge < -0.3 is 19.5 Å². The van der Waals surface area contributed by atoms with Crippen LogP contribution in [0, 0.1) is 10.1 Å². The van der Waals surface area contributed by atoms with Crippen LogP contribution in [0.25, 0.3) is 0 Å². The number of hydrogen-bond acceptors (Lipinski definition) is 6. The van der Waals surface area contributed by atoms with Crippen LogP contribution in [0.4, 0.5) is 17.1 Å². The van der Waals surface area contributed by atoms with Crippen LogP contribution in [0.2, 0.25) is 0 Å². The van der Waals surface area contributed by atoms with Gasteiger partial charge in [-0.3, -0.25) is 14.9 Å². The van der Waals surface area contributed by atoms with Gasteiger partial charge in [-0.15, -0.1) is 0 Å². The van der Waals surface area contributed by atoms with Crippen LogP contribution in [-0.4, -0.2) is 41.9 Å². The van der Waals surface area contributed by atoms with Gasteiger partial charge in [0, 0.05) is 44.4 Å². The fourth-order valence-electron chi connectivity index (χ4n) is 3.05. The maximum atomic E-state index is 11.8. The Balaban J connectivity index is 1.73. The van der Waals surface area contributed by atoms with Gasteiger partial charge in [0.25, 0.3) is 5.69 Å². The molecule has 1 aromatic heterocycles. The minimum absolute atomic E-state index is 0.0279. The van der Waals surface area contributed by atoms with Gasteiger partial charge in [-0.05, 0) is 24.3 Å². The molecule has 8 nitrogen and oxygen atoms in total. The van der Waals surface area contributed by atoms with E-state index in [1.165, 1.54) is 6.07 Å². The maximum Gasteiger partial charge on any atom is 0.292 e. The Kier molecular flexibility index (Phi) is 5.40. The zero-order valence-corrected chi connectivity index (χ0v) is 14.7. The maximum absolute atomic E-state index is 11.8. The van der Waals surface area contributed by atoms with Gasteiger partial charge in [0.05, 0.1) is 17.7 Å². The molecule has 1 aliphatic rings. The first-order valence-electron chi connectivity index (χ1n) is 8.66. The van der Waals surface area contributed by atoms with Crippen LogP contribution in [0.3, 0.4) is 0 Å². The number of furan rings is 1. The van der Waals surface area contributed by atoms with E-state index >= 15 is 0 Å². The van der Waals surface area contributed by atoms with Gasteiger partial charge >= 0.3 is 0 Å². The summed E-state index contributed by atoms with van der Waals surface area (Å²) in [6.45, 7) is 4.98. The van der Waals surface area contributed by atoms with Gasteiger partial charge in [0.1, 0.15) is 11.4 Å². The minimum atomic E-state index is -0.397. The Morgan fingerprint density at radius 1 is 1.27 bits per heavy atom. The smallest absolute Gasteiger partial charge is 0.292 e. The highest BCUT2D eigenvalue weighted by atomic mass is 16.6. The summed E-state index contributed by atoms with van der Waals surface area (Å²) in [5, 5.41) is 14.4. The highest BCUT2D eigenvalue weighted by Crippen LogP contribution is 2.30. The molecular formula is C18H22N4O4. The molecule has 1 amide bonds. The number of carbonyl (C=O) groups is 1. The third-order valence-corrected chi connectivity index (χ3v) is 4.51. The molecule has 138 valence electrons. The molecule has 1 N–H and O–H groups in total. The monoisotopic (exact) mass is 358 g/mol. The van der Waals surface area contributed by atoms with Crippen molar-refractivity contribution in [2.24, 2.45) is 0 Å². The second-order valence-corrected chi connectivity index (χ2v) is 6.11. The number of anilines is 2. The number of nitro benzene ring substituents is 1. The first-order valence-corrected chi connectivity index (χ1v) is 8.66. The fraction of sp³-hybridized carbons (Fsp3) is 0.389. The van der Waals surface area contributed by atoms with Gasteiger partial charge in [-0.25, -0.2) is 0 Å². The molecule has 0 saturated carbocycles. The largest absolute Gasteiger partial charge is 0.467 e. The van der Waals surface area contributed by atoms with Crippen LogP contribution in [0.1, 0.15) is 19.1 Å². The first kappa shape index (κ1) is 17.8. The van der Waals surface area contributed by atoms with Crippen LogP contribution >= 0.6 is 0 Å². The molecule has 1 aromatic carbocycles. The number of amides is 1. The molecule has 0 atom stereocenters. The normalized spacial score (nSPS) is 14.3. The van der Waals surface area contributed by atoms with Crippen molar-refractivity contribution in [3.63, 3.8) is 0 Å². The van der Waals surface area contributed by atoms with Crippen molar-refractivity contribution in [3.8, 4) is 0 Å². The van der Waals surface area contributed by atoms with Crippen molar-refractivity contribution >= 4 is 23.0 Å². The van der Waals surface area contributed by atoms with E-state index in [1.54, 1.807) is 24.5 Å². The number of rotatable bonds is 6.